The molecule has 0 spiro atoms. The molecule has 0 bridgehead atoms. The molecule has 1 aromatic carbocycles. The highest BCUT2D eigenvalue weighted by atomic mass is 16.5. The summed E-state index contributed by atoms with van der Waals surface area (Å²) in [5.41, 5.74) is 1.16. The van der Waals surface area contributed by atoms with Gasteiger partial charge in [-0.15, -0.1) is 0 Å². The van der Waals surface area contributed by atoms with E-state index in [9.17, 15) is 4.79 Å². The van der Waals surface area contributed by atoms with Crippen LogP contribution in [-0.2, 0) is 4.79 Å². The zero-order valence-corrected chi connectivity index (χ0v) is 12.3. The molecule has 4 nitrogen and oxygen atoms in total. The lowest BCUT2D eigenvalue weighted by Crippen LogP contribution is -2.48. The van der Waals surface area contributed by atoms with Crippen molar-refractivity contribution in [2.24, 2.45) is 5.92 Å². The summed E-state index contributed by atoms with van der Waals surface area (Å²) in [5.74, 6) is 1.40. The molecule has 0 aliphatic carbocycles. The highest BCUT2D eigenvalue weighted by molar-refractivity contribution is 5.76. The van der Waals surface area contributed by atoms with Gasteiger partial charge in [-0.2, -0.15) is 0 Å². The second-order valence-electron chi connectivity index (χ2n) is 5.56. The van der Waals surface area contributed by atoms with Crippen molar-refractivity contribution in [3.63, 3.8) is 0 Å². The van der Waals surface area contributed by atoms with Crippen molar-refractivity contribution in [2.75, 3.05) is 19.7 Å². The Bertz CT molecular complexity index is 448. The quantitative estimate of drug-likeness (QED) is 0.863. The lowest BCUT2D eigenvalue weighted by molar-refractivity contribution is -0.122. The highest BCUT2D eigenvalue weighted by Gasteiger charge is 2.22. The van der Waals surface area contributed by atoms with Gasteiger partial charge in [0.05, 0.1) is 13.0 Å². The Morgan fingerprint density at radius 1 is 1.50 bits per heavy atom. The SMILES string of the molecule is Cc1cccc(OCCC(=O)NC2CCNCC2C)c1. The van der Waals surface area contributed by atoms with Gasteiger partial charge in [-0.25, -0.2) is 0 Å². The van der Waals surface area contributed by atoms with Gasteiger partial charge in [0.2, 0.25) is 5.91 Å². The molecule has 2 rings (SSSR count). The number of ether oxygens (including phenoxy) is 1. The smallest absolute Gasteiger partial charge is 0.223 e. The first kappa shape index (κ1) is 14.9. The number of hydrogen-bond donors (Lipinski definition) is 2. The van der Waals surface area contributed by atoms with Crippen LogP contribution < -0.4 is 15.4 Å². The second-order valence-corrected chi connectivity index (χ2v) is 5.56. The lowest BCUT2D eigenvalue weighted by atomic mass is 9.95. The van der Waals surface area contributed by atoms with Crippen LogP contribution in [0.2, 0.25) is 0 Å². The van der Waals surface area contributed by atoms with E-state index in [0.717, 1.165) is 30.8 Å². The zero-order chi connectivity index (χ0) is 14.4. The maximum atomic E-state index is 11.9. The zero-order valence-electron chi connectivity index (χ0n) is 12.3. The fourth-order valence-electron chi connectivity index (χ4n) is 2.47. The van der Waals surface area contributed by atoms with Crippen LogP contribution in [0.1, 0.15) is 25.3 Å². The first-order valence-electron chi connectivity index (χ1n) is 7.34. The Morgan fingerprint density at radius 3 is 3.10 bits per heavy atom. The molecular formula is C16H24N2O2. The summed E-state index contributed by atoms with van der Waals surface area (Å²) in [6.07, 6.45) is 1.41. The van der Waals surface area contributed by atoms with Crippen LogP contribution in [0.5, 0.6) is 5.75 Å². The van der Waals surface area contributed by atoms with E-state index < -0.39 is 0 Å². The molecule has 2 unspecified atom stereocenters. The first-order valence-corrected chi connectivity index (χ1v) is 7.34. The number of carbonyl (C=O) groups excluding carboxylic acids is 1. The third-order valence-electron chi connectivity index (χ3n) is 3.72. The topological polar surface area (TPSA) is 50.4 Å². The predicted molar refractivity (Wildman–Crippen MR) is 79.9 cm³/mol. The molecule has 2 N–H and O–H groups in total. The van der Waals surface area contributed by atoms with Crippen molar-refractivity contribution >= 4 is 5.91 Å². The molecule has 20 heavy (non-hydrogen) atoms. The Balaban J connectivity index is 1.70. The van der Waals surface area contributed by atoms with Gasteiger partial charge in [0.1, 0.15) is 5.75 Å². The predicted octanol–water partition coefficient (Wildman–Crippen LogP) is 1.88. The van der Waals surface area contributed by atoms with Crippen LogP contribution in [0, 0.1) is 12.8 Å². The number of benzene rings is 1. The van der Waals surface area contributed by atoms with E-state index >= 15 is 0 Å². The van der Waals surface area contributed by atoms with Gasteiger partial charge >= 0.3 is 0 Å². The summed E-state index contributed by atoms with van der Waals surface area (Å²) in [5, 5.41) is 6.44. The molecule has 1 heterocycles. The summed E-state index contributed by atoms with van der Waals surface area (Å²) in [6.45, 7) is 6.58. The van der Waals surface area contributed by atoms with Crippen molar-refractivity contribution in [1.29, 1.82) is 0 Å². The molecule has 0 aromatic heterocycles. The van der Waals surface area contributed by atoms with Crippen LogP contribution in [0.3, 0.4) is 0 Å². The summed E-state index contributed by atoms with van der Waals surface area (Å²) in [6, 6.07) is 8.18. The van der Waals surface area contributed by atoms with Gasteiger partial charge in [0, 0.05) is 6.04 Å². The van der Waals surface area contributed by atoms with Gasteiger partial charge in [0.15, 0.2) is 0 Å². The number of piperidine rings is 1. The highest BCUT2D eigenvalue weighted by Crippen LogP contribution is 2.13. The number of aryl methyl sites for hydroxylation is 1. The standard InChI is InChI=1S/C16H24N2O2/c1-12-4-3-5-14(10-12)20-9-7-16(19)18-15-6-8-17-11-13(15)2/h3-5,10,13,15,17H,6-9,11H2,1-2H3,(H,18,19). The number of hydrogen-bond acceptors (Lipinski definition) is 3. The molecule has 110 valence electrons. The van der Waals surface area contributed by atoms with E-state index in [-0.39, 0.29) is 5.91 Å². The summed E-state index contributed by atoms with van der Waals surface area (Å²) >= 11 is 0. The summed E-state index contributed by atoms with van der Waals surface area (Å²) < 4.78 is 5.60. The Labute approximate surface area is 120 Å². The van der Waals surface area contributed by atoms with Crippen LogP contribution in [0.4, 0.5) is 0 Å². The summed E-state index contributed by atoms with van der Waals surface area (Å²) in [4.78, 5) is 11.9. The summed E-state index contributed by atoms with van der Waals surface area (Å²) in [7, 11) is 0. The van der Waals surface area contributed by atoms with E-state index in [1.807, 2.05) is 31.2 Å². The van der Waals surface area contributed by atoms with E-state index in [1.54, 1.807) is 0 Å². The molecule has 1 aliphatic heterocycles. The van der Waals surface area contributed by atoms with E-state index in [2.05, 4.69) is 17.6 Å². The Morgan fingerprint density at radius 2 is 2.35 bits per heavy atom. The minimum absolute atomic E-state index is 0.0800. The van der Waals surface area contributed by atoms with Gasteiger partial charge in [-0.05, 0) is 50.0 Å². The number of rotatable bonds is 5. The van der Waals surface area contributed by atoms with Gasteiger partial charge in [0.25, 0.3) is 0 Å². The van der Waals surface area contributed by atoms with E-state index in [4.69, 9.17) is 4.74 Å². The van der Waals surface area contributed by atoms with Gasteiger partial charge < -0.3 is 15.4 Å². The van der Waals surface area contributed by atoms with E-state index in [0.29, 0.717) is 25.0 Å². The van der Waals surface area contributed by atoms with Crippen molar-refractivity contribution in [2.45, 2.75) is 32.7 Å². The molecular weight excluding hydrogens is 252 g/mol. The van der Waals surface area contributed by atoms with Crippen LogP contribution in [-0.4, -0.2) is 31.6 Å². The molecule has 1 aromatic rings. The second kappa shape index (κ2) is 7.29. The number of nitrogens with one attached hydrogen (secondary N) is 2. The largest absolute Gasteiger partial charge is 0.493 e. The van der Waals surface area contributed by atoms with E-state index in [1.165, 1.54) is 0 Å². The molecule has 1 saturated heterocycles. The number of carbonyl (C=O) groups is 1. The average molecular weight is 276 g/mol. The van der Waals surface area contributed by atoms with Crippen molar-refractivity contribution in [3.05, 3.63) is 29.8 Å². The third kappa shape index (κ3) is 4.53. The first-order chi connectivity index (χ1) is 9.65. The van der Waals surface area contributed by atoms with Crippen molar-refractivity contribution in [3.8, 4) is 5.75 Å². The van der Waals surface area contributed by atoms with Gasteiger partial charge in [-0.3, -0.25) is 4.79 Å². The third-order valence-corrected chi connectivity index (χ3v) is 3.72. The molecule has 2 atom stereocenters. The fourth-order valence-corrected chi connectivity index (χ4v) is 2.47. The maximum absolute atomic E-state index is 11.9. The number of amides is 1. The molecule has 1 amide bonds. The molecule has 4 heteroatoms. The Kier molecular flexibility index (Phi) is 5.41. The average Bonchev–Trinajstić information content (AvgIpc) is 2.41. The van der Waals surface area contributed by atoms with Crippen LogP contribution in [0.15, 0.2) is 24.3 Å². The fraction of sp³-hybridized carbons (Fsp3) is 0.562. The molecule has 0 radical (unpaired) electrons. The minimum Gasteiger partial charge on any atom is -0.493 e. The molecule has 1 aliphatic rings. The molecule has 0 saturated carbocycles. The van der Waals surface area contributed by atoms with Gasteiger partial charge in [-0.1, -0.05) is 19.1 Å². The monoisotopic (exact) mass is 276 g/mol. The van der Waals surface area contributed by atoms with Crippen LogP contribution in [0.25, 0.3) is 0 Å². The molecule has 1 fully saturated rings. The van der Waals surface area contributed by atoms with Crippen molar-refractivity contribution in [1.82, 2.24) is 10.6 Å². The minimum atomic E-state index is 0.0800. The normalized spacial score (nSPS) is 22.3. The maximum Gasteiger partial charge on any atom is 0.223 e. The Hall–Kier alpha value is -1.55. The lowest BCUT2D eigenvalue weighted by Gasteiger charge is -2.30. The van der Waals surface area contributed by atoms with Crippen LogP contribution >= 0.6 is 0 Å². The van der Waals surface area contributed by atoms with Crippen molar-refractivity contribution < 1.29 is 9.53 Å².